The van der Waals surface area contributed by atoms with Crippen molar-refractivity contribution in [1.82, 2.24) is 13.8 Å². The Balaban J connectivity index is 1.50. The van der Waals surface area contributed by atoms with Gasteiger partial charge in [0, 0.05) is 23.5 Å². The van der Waals surface area contributed by atoms with Gasteiger partial charge in [0.05, 0.1) is 5.52 Å². The molecular formula is C25H24FN3O2S. The summed E-state index contributed by atoms with van der Waals surface area (Å²) in [5.41, 5.74) is 2.41. The quantitative estimate of drug-likeness (QED) is 0.475. The van der Waals surface area contributed by atoms with Crippen LogP contribution in [0.25, 0.3) is 32.2 Å². The molecular weight excluding hydrogens is 425 g/mol. The third-order valence-electron chi connectivity index (χ3n) is 6.72. The number of pyridine rings is 1. The summed E-state index contributed by atoms with van der Waals surface area (Å²) in [5, 5.41) is 0.420. The Morgan fingerprint density at radius 1 is 1.06 bits per heavy atom. The number of fused-ring (bicyclic) bond motifs is 2. The molecule has 164 valence electrons. The molecule has 2 aromatic carbocycles. The predicted molar refractivity (Wildman–Crippen MR) is 127 cm³/mol. The molecule has 0 bridgehead atoms. The van der Waals surface area contributed by atoms with Gasteiger partial charge in [-0.25, -0.2) is 4.39 Å². The van der Waals surface area contributed by atoms with Gasteiger partial charge in [-0.15, -0.1) is 0 Å². The lowest BCUT2D eigenvalue weighted by molar-refractivity contribution is 0.221. The van der Waals surface area contributed by atoms with Crippen LogP contribution in [0, 0.1) is 5.82 Å². The Labute approximate surface area is 188 Å². The SMILES string of the molecule is O=c1[nH]sc2c1c(=O)c1cc(F)c(-c3cccc(CN4CCCCC4)c3)cc1n2C1CC1. The molecule has 5 nitrogen and oxygen atoms in total. The molecule has 0 spiro atoms. The maximum absolute atomic E-state index is 15.3. The second-order valence-electron chi connectivity index (χ2n) is 9.03. The van der Waals surface area contributed by atoms with E-state index in [1.165, 1.54) is 42.4 Å². The van der Waals surface area contributed by atoms with E-state index < -0.39 is 11.2 Å². The second kappa shape index (κ2) is 7.67. The van der Waals surface area contributed by atoms with E-state index in [2.05, 4.69) is 26.0 Å². The zero-order valence-electron chi connectivity index (χ0n) is 17.7. The summed E-state index contributed by atoms with van der Waals surface area (Å²) in [7, 11) is 0. The molecule has 0 unspecified atom stereocenters. The van der Waals surface area contributed by atoms with Gasteiger partial charge in [0.2, 0.25) is 5.43 Å². The minimum Gasteiger partial charge on any atom is -0.328 e. The first kappa shape index (κ1) is 19.9. The van der Waals surface area contributed by atoms with Gasteiger partial charge in [0.1, 0.15) is 16.0 Å². The number of rotatable bonds is 4. The highest BCUT2D eigenvalue weighted by Gasteiger charge is 2.29. The van der Waals surface area contributed by atoms with Crippen molar-refractivity contribution in [3.8, 4) is 11.1 Å². The van der Waals surface area contributed by atoms with Gasteiger partial charge in [0.15, 0.2) is 0 Å². The van der Waals surface area contributed by atoms with E-state index in [1.54, 1.807) is 6.07 Å². The molecule has 0 amide bonds. The number of aromatic nitrogens is 2. The highest BCUT2D eigenvalue weighted by molar-refractivity contribution is 7.12. The fourth-order valence-electron chi connectivity index (χ4n) is 4.98. The Morgan fingerprint density at radius 3 is 2.66 bits per heavy atom. The highest BCUT2D eigenvalue weighted by atomic mass is 32.1. The summed E-state index contributed by atoms with van der Waals surface area (Å²) < 4.78 is 20.1. The van der Waals surface area contributed by atoms with Crippen LogP contribution in [0.3, 0.4) is 0 Å². The summed E-state index contributed by atoms with van der Waals surface area (Å²) in [6.45, 7) is 3.09. The summed E-state index contributed by atoms with van der Waals surface area (Å²) in [5.74, 6) is -0.432. The van der Waals surface area contributed by atoms with Crippen molar-refractivity contribution >= 4 is 32.7 Å². The number of hydrogen-bond donors (Lipinski definition) is 1. The lowest BCUT2D eigenvalue weighted by atomic mass is 9.99. The maximum Gasteiger partial charge on any atom is 0.271 e. The first-order chi connectivity index (χ1) is 15.6. The van der Waals surface area contributed by atoms with Gasteiger partial charge in [-0.05, 0) is 79.6 Å². The molecule has 1 saturated heterocycles. The van der Waals surface area contributed by atoms with Crippen LogP contribution in [0.15, 0.2) is 46.0 Å². The lowest BCUT2D eigenvalue weighted by Crippen LogP contribution is -2.29. The average molecular weight is 450 g/mol. The zero-order chi connectivity index (χ0) is 21.8. The molecule has 2 aliphatic rings. The molecule has 32 heavy (non-hydrogen) atoms. The molecule has 4 aromatic rings. The number of nitrogens with one attached hydrogen (secondary N) is 1. The van der Waals surface area contributed by atoms with Crippen LogP contribution in [0.5, 0.6) is 0 Å². The van der Waals surface area contributed by atoms with Gasteiger partial charge in [-0.3, -0.25) is 18.9 Å². The minimum atomic E-state index is -0.432. The fraction of sp³-hybridized carbons (Fsp3) is 0.360. The van der Waals surface area contributed by atoms with Gasteiger partial charge < -0.3 is 4.57 Å². The first-order valence-corrected chi connectivity index (χ1v) is 12.1. The number of aromatic amines is 1. The van der Waals surface area contributed by atoms with E-state index in [1.807, 2.05) is 12.1 Å². The van der Waals surface area contributed by atoms with Crippen molar-refractivity contribution in [2.24, 2.45) is 0 Å². The van der Waals surface area contributed by atoms with Crippen molar-refractivity contribution in [2.45, 2.75) is 44.7 Å². The number of H-pyrrole nitrogens is 1. The predicted octanol–water partition coefficient (Wildman–Crippen LogP) is 5.03. The molecule has 2 aromatic heterocycles. The van der Waals surface area contributed by atoms with Gasteiger partial charge in [-0.1, -0.05) is 24.6 Å². The van der Waals surface area contributed by atoms with Gasteiger partial charge in [-0.2, -0.15) is 0 Å². The lowest BCUT2D eigenvalue weighted by Gasteiger charge is -2.26. The fourth-order valence-corrected chi connectivity index (χ4v) is 5.90. The van der Waals surface area contributed by atoms with E-state index in [4.69, 9.17) is 0 Å². The molecule has 1 aliphatic carbocycles. The van der Waals surface area contributed by atoms with Crippen LogP contribution in [0.1, 0.15) is 43.7 Å². The monoisotopic (exact) mass is 449 g/mol. The zero-order valence-corrected chi connectivity index (χ0v) is 18.5. The van der Waals surface area contributed by atoms with Gasteiger partial charge >= 0.3 is 0 Å². The largest absolute Gasteiger partial charge is 0.328 e. The Bertz CT molecular complexity index is 1460. The topological polar surface area (TPSA) is 58.1 Å². The Kier molecular flexibility index (Phi) is 4.77. The highest BCUT2D eigenvalue weighted by Crippen LogP contribution is 2.40. The van der Waals surface area contributed by atoms with Crippen molar-refractivity contribution in [3.63, 3.8) is 0 Å². The molecule has 7 heteroatoms. The van der Waals surface area contributed by atoms with Crippen LogP contribution in [-0.2, 0) is 6.54 Å². The van der Waals surface area contributed by atoms with Crippen LogP contribution in [0.2, 0.25) is 0 Å². The number of hydrogen-bond acceptors (Lipinski definition) is 4. The van der Waals surface area contributed by atoms with Crippen molar-refractivity contribution in [1.29, 1.82) is 0 Å². The maximum atomic E-state index is 15.3. The molecule has 2 fully saturated rings. The van der Waals surface area contributed by atoms with E-state index in [0.29, 0.717) is 15.9 Å². The van der Waals surface area contributed by atoms with E-state index in [0.717, 1.165) is 38.0 Å². The average Bonchev–Trinajstić information content (AvgIpc) is 3.56. The number of piperidine rings is 1. The van der Waals surface area contributed by atoms with Crippen LogP contribution in [0.4, 0.5) is 4.39 Å². The normalized spacial score (nSPS) is 17.4. The second-order valence-corrected chi connectivity index (χ2v) is 9.83. The Morgan fingerprint density at radius 2 is 1.88 bits per heavy atom. The smallest absolute Gasteiger partial charge is 0.271 e. The summed E-state index contributed by atoms with van der Waals surface area (Å²) >= 11 is 1.19. The summed E-state index contributed by atoms with van der Waals surface area (Å²) in [6.07, 6.45) is 5.76. The van der Waals surface area contributed by atoms with Gasteiger partial charge in [0.25, 0.3) is 5.56 Å². The third-order valence-corrected chi connectivity index (χ3v) is 7.60. The molecule has 1 aliphatic heterocycles. The van der Waals surface area contributed by atoms with Crippen molar-refractivity contribution in [3.05, 3.63) is 68.4 Å². The minimum absolute atomic E-state index is 0.144. The molecule has 1 N–H and O–H groups in total. The van der Waals surface area contributed by atoms with E-state index in [-0.39, 0.29) is 22.4 Å². The van der Waals surface area contributed by atoms with Crippen LogP contribution in [-0.4, -0.2) is 26.9 Å². The molecule has 6 rings (SSSR count). The number of benzene rings is 2. The third kappa shape index (κ3) is 3.31. The van der Waals surface area contributed by atoms with Crippen molar-refractivity contribution in [2.75, 3.05) is 13.1 Å². The van der Waals surface area contributed by atoms with Crippen LogP contribution < -0.4 is 11.0 Å². The summed E-state index contributed by atoms with van der Waals surface area (Å²) in [4.78, 5) is 28.4. The molecule has 1 saturated carbocycles. The number of likely N-dealkylation sites (tertiary alicyclic amines) is 1. The van der Waals surface area contributed by atoms with Crippen LogP contribution >= 0.6 is 11.5 Å². The summed E-state index contributed by atoms with van der Waals surface area (Å²) in [6, 6.07) is 11.4. The van der Waals surface area contributed by atoms with E-state index in [9.17, 15) is 9.59 Å². The number of halogens is 1. The van der Waals surface area contributed by atoms with Crippen molar-refractivity contribution < 1.29 is 4.39 Å². The molecule has 3 heterocycles. The standard InChI is InChI=1S/C25H24FN3O2S/c26-20-12-19-21(29(17-7-8-17)25-22(23(19)30)24(31)27-32-25)13-18(20)16-6-4-5-15(11-16)14-28-9-2-1-3-10-28/h4-6,11-13,17H,1-3,7-10,14H2,(H,27,31). The number of nitrogens with zero attached hydrogens (tertiary/aromatic N) is 2. The molecule has 0 atom stereocenters. The molecule has 0 radical (unpaired) electrons. The van der Waals surface area contributed by atoms with E-state index >= 15 is 4.39 Å². The first-order valence-electron chi connectivity index (χ1n) is 11.3. The Hall–Kier alpha value is -2.77.